The Bertz CT molecular complexity index is 788. The summed E-state index contributed by atoms with van der Waals surface area (Å²) in [5.74, 6) is -0.876. The van der Waals surface area contributed by atoms with Crippen molar-refractivity contribution < 1.29 is 33.4 Å². The van der Waals surface area contributed by atoms with Crippen LogP contribution in [0.5, 0.6) is 0 Å². The summed E-state index contributed by atoms with van der Waals surface area (Å²) in [7, 11) is 0. The molecule has 7 heteroatoms. The van der Waals surface area contributed by atoms with E-state index < -0.39 is 11.2 Å². The second kappa shape index (κ2) is 6.07. The molecule has 0 aromatic rings. The maximum atomic E-state index is 13.4. The molecule has 3 heterocycles. The molecular formula is C21H26O7. The zero-order valence-corrected chi connectivity index (χ0v) is 16.5. The van der Waals surface area contributed by atoms with E-state index in [1.54, 1.807) is 6.92 Å². The summed E-state index contributed by atoms with van der Waals surface area (Å²) >= 11 is 0. The van der Waals surface area contributed by atoms with Crippen molar-refractivity contribution in [1.29, 1.82) is 0 Å². The third kappa shape index (κ3) is 2.01. The average Bonchev–Trinajstić information content (AvgIpc) is 3.34. The lowest BCUT2D eigenvalue weighted by Gasteiger charge is -2.58. The van der Waals surface area contributed by atoms with Crippen LogP contribution in [-0.2, 0) is 33.4 Å². The first kappa shape index (κ1) is 19.5. The van der Waals surface area contributed by atoms with Gasteiger partial charge in [0, 0.05) is 28.7 Å². The van der Waals surface area contributed by atoms with Crippen molar-refractivity contribution in [1.82, 2.24) is 0 Å². The second-order valence-electron chi connectivity index (χ2n) is 8.94. The molecule has 3 unspecified atom stereocenters. The van der Waals surface area contributed by atoms with Crippen molar-refractivity contribution in [3.63, 3.8) is 0 Å². The molecule has 0 aromatic carbocycles. The zero-order chi connectivity index (χ0) is 20.5. The number of Topliss-reactive ketones (excluding diaryl/α,β-unsaturated/α-hetero) is 1. The van der Waals surface area contributed by atoms with E-state index in [1.807, 2.05) is 13.7 Å². The lowest BCUT2D eigenvalue weighted by molar-refractivity contribution is -0.209. The van der Waals surface area contributed by atoms with Crippen LogP contribution in [0.2, 0.25) is 0 Å². The first-order valence-corrected chi connectivity index (χ1v) is 9.79. The van der Waals surface area contributed by atoms with E-state index in [-0.39, 0.29) is 41.0 Å². The molecule has 3 aliphatic heterocycles. The van der Waals surface area contributed by atoms with Crippen molar-refractivity contribution in [2.45, 2.75) is 57.3 Å². The Hall–Kier alpha value is -1.86. The highest BCUT2D eigenvalue weighted by molar-refractivity contribution is 5.95. The smallest absolute Gasteiger partial charge is 0.334 e. The first-order valence-electron chi connectivity index (χ1n) is 9.79. The van der Waals surface area contributed by atoms with E-state index in [1.165, 1.54) is 0 Å². The van der Waals surface area contributed by atoms with E-state index in [0.29, 0.717) is 26.1 Å². The maximum absolute atomic E-state index is 13.4. The molecule has 1 spiro atoms. The molecule has 0 bridgehead atoms. The molecule has 7 nitrogen and oxygen atoms in total. The van der Waals surface area contributed by atoms with Gasteiger partial charge in [-0.05, 0) is 31.8 Å². The van der Waals surface area contributed by atoms with Crippen molar-refractivity contribution in [3.8, 4) is 0 Å². The molecule has 0 N–H and O–H groups in total. The van der Waals surface area contributed by atoms with Gasteiger partial charge in [0.05, 0.1) is 12.7 Å². The Morgan fingerprint density at radius 1 is 1.25 bits per heavy atom. The van der Waals surface area contributed by atoms with Crippen LogP contribution in [0.3, 0.4) is 0 Å². The second-order valence-corrected chi connectivity index (χ2v) is 8.94. The third-order valence-electron chi connectivity index (χ3n) is 8.02. The maximum Gasteiger partial charge on any atom is 0.334 e. The summed E-state index contributed by atoms with van der Waals surface area (Å²) < 4.78 is 17.8. The van der Waals surface area contributed by atoms with E-state index >= 15 is 0 Å². The predicted molar refractivity (Wildman–Crippen MR) is 96.2 cm³/mol. The van der Waals surface area contributed by atoms with Gasteiger partial charge in [0.2, 0.25) is 0 Å². The summed E-state index contributed by atoms with van der Waals surface area (Å²) in [5.41, 5.74) is -0.149. The molecule has 7 atom stereocenters. The van der Waals surface area contributed by atoms with Crippen molar-refractivity contribution in [3.05, 3.63) is 11.1 Å². The summed E-state index contributed by atoms with van der Waals surface area (Å²) in [4.78, 5) is 44.6. The quantitative estimate of drug-likeness (QED) is 0.399. The van der Waals surface area contributed by atoms with Gasteiger partial charge in [0.1, 0.15) is 25.3 Å². The number of carbonyl (C=O) groups excluding carboxylic acids is 4. The van der Waals surface area contributed by atoms with Gasteiger partial charge in [-0.1, -0.05) is 13.8 Å². The molecule has 3 fully saturated rings. The minimum atomic E-state index is -1.04. The number of hydrogen-bond donors (Lipinski definition) is 0. The van der Waals surface area contributed by atoms with E-state index in [9.17, 15) is 14.4 Å². The van der Waals surface area contributed by atoms with Gasteiger partial charge in [0.15, 0.2) is 11.4 Å². The largest absolute Gasteiger partial charge is 0.458 e. The number of fused-ring (bicyclic) bond motifs is 2. The Morgan fingerprint density at radius 2 is 1.96 bits per heavy atom. The number of epoxide rings is 1. The van der Waals surface area contributed by atoms with Gasteiger partial charge in [-0.3, -0.25) is 4.79 Å². The highest BCUT2D eigenvalue weighted by Crippen LogP contribution is 2.71. The average molecular weight is 390 g/mol. The highest BCUT2D eigenvalue weighted by atomic mass is 16.7. The first-order chi connectivity index (χ1) is 13.3. The topological polar surface area (TPSA) is 99.3 Å². The van der Waals surface area contributed by atoms with Gasteiger partial charge in [-0.2, -0.15) is 0 Å². The number of aldehydes is 1. The molecule has 5 rings (SSSR count). The molecule has 0 amide bonds. The van der Waals surface area contributed by atoms with Crippen molar-refractivity contribution >= 4 is 24.8 Å². The van der Waals surface area contributed by atoms with Crippen LogP contribution in [0, 0.1) is 23.2 Å². The lowest BCUT2D eigenvalue weighted by atomic mass is 9.49. The number of cyclic esters (lactones) is 1. The molecule has 0 radical (unpaired) electrons. The number of rotatable bonds is 2. The molecule has 5 aliphatic rings. The van der Waals surface area contributed by atoms with Crippen LogP contribution >= 0.6 is 0 Å². The van der Waals surface area contributed by atoms with Crippen LogP contribution in [0.1, 0.15) is 40.0 Å². The van der Waals surface area contributed by atoms with Gasteiger partial charge >= 0.3 is 5.97 Å². The van der Waals surface area contributed by atoms with Gasteiger partial charge in [0.25, 0.3) is 0 Å². The van der Waals surface area contributed by atoms with Crippen LogP contribution in [0.15, 0.2) is 11.1 Å². The lowest BCUT2D eigenvalue weighted by Crippen LogP contribution is -2.71. The summed E-state index contributed by atoms with van der Waals surface area (Å²) in [6.45, 7) is 8.53. The van der Waals surface area contributed by atoms with Gasteiger partial charge in [-0.25, -0.2) is 4.79 Å². The number of hydrogen-bond acceptors (Lipinski definition) is 7. The third-order valence-corrected chi connectivity index (χ3v) is 8.02. The number of ketones is 1. The SMILES string of the molecule is C=O.CC(C=O)C1C[C@@H]2O[C@@]23[C@@]2(C)CCC4=C(COC4=O)C2CO[C@]3(C)C1=O. The Labute approximate surface area is 163 Å². The molecular weight excluding hydrogens is 364 g/mol. The molecule has 2 saturated heterocycles. The molecule has 2 aliphatic carbocycles. The number of esters is 1. The normalized spacial score (nSPS) is 46.8. The minimum absolute atomic E-state index is 0.0101. The van der Waals surface area contributed by atoms with E-state index in [2.05, 4.69) is 6.92 Å². The molecule has 1 saturated carbocycles. The summed E-state index contributed by atoms with van der Waals surface area (Å²) in [5, 5.41) is 0. The van der Waals surface area contributed by atoms with Crippen LogP contribution in [0.4, 0.5) is 0 Å². The monoisotopic (exact) mass is 390 g/mol. The van der Waals surface area contributed by atoms with E-state index in [4.69, 9.17) is 19.0 Å². The van der Waals surface area contributed by atoms with Crippen LogP contribution in [0.25, 0.3) is 0 Å². The fraction of sp³-hybridized carbons (Fsp3) is 0.714. The number of ether oxygens (including phenoxy) is 3. The fourth-order valence-corrected chi connectivity index (χ4v) is 6.42. The Morgan fingerprint density at radius 3 is 2.64 bits per heavy atom. The molecule has 28 heavy (non-hydrogen) atoms. The molecule has 152 valence electrons. The zero-order valence-electron chi connectivity index (χ0n) is 16.5. The Balaban J connectivity index is 0.000000932. The highest BCUT2D eigenvalue weighted by Gasteiger charge is 2.84. The minimum Gasteiger partial charge on any atom is -0.458 e. The predicted octanol–water partition coefficient (Wildman–Crippen LogP) is 1.42. The summed E-state index contributed by atoms with van der Waals surface area (Å²) in [6, 6.07) is 0. The standard InChI is InChI=1S/C20H24O6.CH2O/c1-10(7-21)12-6-15-20(26-15)18(2)5-4-11-13(8-24-17(11)23)14(18)9-25-19(20,3)16(12)22;1-2/h7,10,12,14-15H,4-6,8-9H2,1-3H3;1H2/t10?,12?,14?,15-,18-,19+,20+;/m0./s1. The molecule has 0 aromatic heterocycles. The fourth-order valence-electron chi connectivity index (χ4n) is 6.42. The van der Waals surface area contributed by atoms with Crippen molar-refractivity contribution in [2.24, 2.45) is 23.2 Å². The summed E-state index contributed by atoms with van der Waals surface area (Å²) in [6.07, 6.45) is 2.79. The van der Waals surface area contributed by atoms with Gasteiger partial charge in [-0.15, -0.1) is 0 Å². The van der Waals surface area contributed by atoms with Crippen LogP contribution in [-0.4, -0.2) is 55.3 Å². The number of carbonyl (C=O) groups is 4. The van der Waals surface area contributed by atoms with Gasteiger partial charge < -0.3 is 23.8 Å². The Kier molecular flexibility index (Phi) is 4.22. The van der Waals surface area contributed by atoms with Crippen LogP contribution < -0.4 is 0 Å². The van der Waals surface area contributed by atoms with E-state index in [0.717, 1.165) is 23.9 Å². The van der Waals surface area contributed by atoms with Crippen molar-refractivity contribution in [2.75, 3.05) is 13.2 Å².